The number of halogens is 1. The molecule has 158 valence electrons. The van der Waals surface area contributed by atoms with Gasteiger partial charge in [0.25, 0.3) is 0 Å². The number of carbonyl (C=O) groups excluding carboxylic acids is 3. The number of likely N-dealkylation sites (N-methyl/N-ethyl adjacent to an activating group) is 1. The van der Waals surface area contributed by atoms with Gasteiger partial charge in [0.05, 0.1) is 18.2 Å². The van der Waals surface area contributed by atoms with Crippen LogP contribution in [0.3, 0.4) is 0 Å². The molecule has 2 aromatic carbocycles. The average Bonchev–Trinajstić information content (AvgIpc) is 3.05. The molecule has 0 radical (unpaired) electrons. The Morgan fingerprint density at radius 3 is 2.43 bits per heavy atom. The Bertz CT molecular complexity index is 982. The van der Waals surface area contributed by atoms with Crippen LogP contribution in [0.5, 0.6) is 0 Å². The molecular formula is C23H26BrN3O3. The summed E-state index contributed by atoms with van der Waals surface area (Å²) in [5, 5.41) is 2.92. The summed E-state index contributed by atoms with van der Waals surface area (Å²) < 4.78 is 0.808. The van der Waals surface area contributed by atoms with Crippen LogP contribution in [0.15, 0.2) is 40.9 Å². The maximum absolute atomic E-state index is 12.9. The second-order valence-corrected chi connectivity index (χ2v) is 8.73. The molecule has 7 heteroatoms. The normalized spacial score (nSPS) is 16.0. The predicted molar refractivity (Wildman–Crippen MR) is 122 cm³/mol. The van der Waals surface area contributed by atoms with E-state index in [1.54, 1.807) is 11.9 Å². The van der Waals surface area contributed by atoms with E-state index in [0.717, 1.165) is 32.5 Å². The Hall–Kier alpha value is -2.67. The zero-order valence-corrected chi connectivity index (χ0v) is 19.2. The number of carbonyl (C=O) groups is 3. The van der Waals surface area contributed by atoms with Gasteiger partial charge in [-0.15, -0.1) is 0 Å². The summed E-state index contributed by atoms with van der Waals surface area (Å²) in [5.74, 6) is -1.02. The summed E-state index contributed by atoms with van der Waals surface area (Å²) >= 11 is 3.46. The van der Waals surface area contributed by atoms with Gasteiger partial charge in [-0.1, -0.05) is 29.8 Å². The zero-order valence-electron chi connectivity index (χ0n) is 17.7. The van der Waals surface area contributed by atoms with Crippen molar-refractivity contribution in [3.8, 4) is 0 Å². The molecule has 0 aliphatic carbocycles. The molecule has 1 aliphatic heterocycles. The molecule has 30 heavy (non-hydrogen) atoms. The van der Waals surface area contributed by atoms with Crippen LogP contribution in [0.1, 0.15) is 23.1 Å². The number of rotatable bonds is 5. The molecule has 2 aromatic rings. The van der Waals surface area contributed by atoms with E-state index in [1.807, 2.05) is 57.2 Å². The van der Waals surface area contributed by atoms with E-state index in [1.165, 1.54) is 4.90 Å². The van der Waals surface area contributed by atoms with Crippen LogP contribution in [0, 0.1) is 26.7 Å². The minimum absolute atomic E-state index is 0.0642. The van der Waals surface area contributed by atoms with Gasteiger partial charge in [-0.25, -0.2) is 0 Å². The second kappa shape index (κ2) is 9.00. The third kappa shape index (κ3) is 4.73. The van der Waals surface area contributed by atoms with Crippen molar-refractivity contribution in [2.75, 3.05) is 30.4 Å². The van der Waals surface area contributed by atoms with E-state index >= 15 is 0 Å². The molecule has 0 aromatic heterocycles. The Balaban J connectivity index is 1.63. The fraction of sp³-hybridized carbons (Fsp3) is 0.348. The first-order valence-corrected chi connectivity index (χ1v) is 10.6. The predicted octanol–water partition coefficient (Wildman–Crippen LogP) is 3.82. The van der Waals surface area contributed by atoms with E-state index in [4.69, 9.17) is 0 Å². The van der Waals surface area contributed by atoms with E-state index in [-0.39, 0.29) is 30.7 Å². The number of benzene rings is 2. The number of hydrogen-bond donors (Lipinski definition) is 1. The highest BCUT2D eigenvalue weighted by atomic mass is 79.9. The lowest BCUT2D eigenvalue weighted by molar-refractivity contribution is -0.137. The van der Waals surface area contributed by atoms with E-state index in [2.05, 4.69) is 21.2 Å². The molecule has 0 spiro atoms. The molecule has 1 aliphatic rings. The van der Waals surface area contributed by atoms with Crippen molar-refractivity contribution < 1.29 is 14.4 Å². The Morgan fingerprint density at radius 2 is 1.80 bits per heavy atom. The second-order valence-electron chi connectivity index (χ2n) is 7.87. The quantitative estimate of drug-likeness (QED) is 0.720. The lowest BCUT2D eigenvalue weighted by Crippen LogP contribution is -2.39. The molecular weight excluding hydrogens is 446 g/mol. The highest BCUT2D eigenvalue weighted by molar-refractivity contribution is 9.10. The van der Waals surface area contributed by atoms with Gasteiger partial charge in [0.2, 0.25) is 17.7 Å². The maximum atomic E-state index is 12.9. The zero-order chi connectivity index (χ0) is 22.0. The maximum Gasteiger partial charge on any atom is 0.243 e. The Labute approximate surface area is 185 Å². The van der Waals surface area contributed by atoms with Crippen molar-refractivity contribution in [3.63, 3.8) is 0 Å². The largest absolute Gasteiger partial charge is 0.336 e. The van der Waals surface area contributed by atoms with Crippen LogP contribution in [0.4, 0.5) is 11.4 Å². The van der Waals surface area contributed by atoms with E-state index in [9.17, 15) is 14.4 Å². The van der Waals surface area contributed by atoms with Gasteiger partial charge >= 0.3 is 0 Å². The van der Waals surface area contributed by atoms with Crippen LogP contribution >= 0.6 is 15.9 Å². The van der Waals surface area contributed by atoms with E-state index in [0.29, 0.717) is 6.54 Å². The van der Waals surface area contributed by atoms with Crippen molar-refractivity contribution >= 4 is 45.0 Å². The standard InChI is InChI=1S/C23H26BrN3O3/c1-14-9-15(2)22(16(3)10-14)25-20(28)13-26(4)23(30)17-11-21(29)27(12-17)19-8-6-5-7-18(19)24/h5-10,17H,11-13H2,1-4H3,(H,25,28). The summed E-state index contributed by atoms with van der Waals surface area (Å²) in [7, 11) is 1.60. The van der Waals surface area contributed by atoms with Crippen molar-refractivity contribution in [2.45, 2.75) is 27.2 Å². The first-order chi connectivity index (χ1) is 14.2. The number of para-hydroxylation sites is 1. The number of aryl methyl sites for hydroxylation is 3. The summed E-state index contributed by atoms with van der Waals surface area (Å²) in [5.41, 5.74) is 4.64. The molecule has 3 rings (SSSR count). The third-order valence-electron chi connectivity index (χ3n) is 5.32. The molecule has 1 N–H and O–H groups in total. The smallest absolute Gasteiger partial charge is 0.243 e. The highest BCUT2D eigenvalue weighted by Crippen LogP contribution is 2.31. The monoisotopic (exact) mass is 471 g/mol. The van der Waals surface area contributed by atoms with Crippen LogP contribution in [0.2, 0.25) is 0 Å². The Morgan fingerprint density at radius 1 is 1.17 bits per heavy atom. The third-order valence-corrected chi connectivity index (χ3v) is 5.99. The summed E-state index contributed by atoms with van der Waals surface area (Å²) in [6, 6.07) is 11.5. The van der Waals surface area contributed by atoms with Gasteiger partial charge in [-0.05, 0) is 60.0 Å². The SMILES string of the molecule is Cc1cc(C)c(NC(=O)CN(C)C(=O)C2CC(=O)N(c3ccccc3Br)C2)c(C)c1. The number of amides is 3. The van der Waals surface area contributed by atoms with Gasteiger partial charge in [0, 0.05) is 30.2 Å². The molecule has 1 fully saturated rings. The van der Waals surface area contributed by atoms with Gasteiger partial charge in [0.1, 0.15) is 0 Å². The van der Waals surface area contributed by atoms with Crippen LogP contribution in [-0.4, -0.2) is 42.8 Å². The van der Waals surface area contributed by atoms with Crippen molar-refractivity contribution in [2.24, 2.45) is 5.92 Å². The summed E-state index contributed by atoms with van der Waals surface area (Å²) in [6.07, 6.45) is 0.141. The summed E-state index contributed by atoms with van der Waals surface area (Å²) in [4.78, 5) is 40.9. The van der Waals surface area contributed by atoms with Crippen LogP contribution in [0.25, 0.3) is 0 Å². The van der Waals surface area contributed by atoms with E-state index < -0.39 is 5.92 Å². The number of nitrogens with one attached hydrogen (secondary N) is 1. The van der Waals surface area contributed by atoms with Crippen molar-refractivity contribution in [1.82, 2.24) is 4.90 Å². The van der Waals surface area contributed by atoms with Gasteiger partial charge in [-0.3, -0.25) is 14.4 Å². The van der Waals surface area contributed by atoms with Crippen LogP contribution < -0.4 is 10.2 Å². The first kappa shape index (κ1) is 22.0. The lowest BCUT2D eigenvalue weighted by Gasteiger charge is -2.22. The minimum atomic E-state index is -0.467. The lowest BCUT2D eigenvalue weighted by atomic mass is 10.0. The van der Waals surface area contributed by atoms with Gasteiger partial charge in [0.15, 0.2) is 0 Å². The highest BCUT2D eigenvalue weighted by Gasteiger charge is 2.37. The van der Waals surface area contributed by atoms with Gasteiger partial charge < -0.3 is 15.1 Å². The summed E-state index contributed by atoms with van der Waals surface area (Å²) in [6.45, 7) is 6.15. The van der Waals surface area contributed by atoms with Gasteiger partial charge in [-0.2, -0.15) is 0 Å². The fourth-order valence-corrected chi connectivity index (χ4v) is 4.44. The molecule has 1 saturated heterocycles. The van der Waals surface area contributed by atoms with Crippen molar-refractivity contribution in [3.05, 3.63) is 57.6 Å². The molecule has 3 amide bonds. The number of anilines is 2. The molecule has 6 nitrogen and oxygen atoms in total. The minimum Gasteiger partial charge on any atom is -0.336 e. The van der Waals surface area contributed by atoms with Crippen molar-refractivity contribution in [1.29, 1.82) is 0 Å². The fourth-order valence-electron chi connectivity index (χ4n) is 3.94. The molecule has 1 unspecified atom stereocenters. The first-order valence-electron chi connectivity index (χ1n) is 9.85. The topological polar surface area (TPSA) is 69.7 Å². The molecule has 1 atom stereocenters. The number of hydrogen-bond acceptors (Lipinski definition) is 3. The number of nitrogens with zero attached hydrogens (tertiary/aromatic N) is 2. The Kier molecular flexibility index (Phi) is 6.61. The van der Waals surface area contributed by atoms with Crippen LogP contribution in [-0.2, 0) is 14.4 Å². The molecule has 1 heterocycles. The molecule has 0 saturated carbocycles. The average molecular weight is 472 g/mol. The molecule has 0 bridgehead atoms.